The molecule has 0 atom stereocenters. The Labute approximate surface area is 170 Å². The second-order valence-corrected chi connectivity index (χ2v) is 7.18. The molecule has 0 spiro atoms. The fourth-order valence-electron chi connectivity index (χ4n) is 3.62. The van der Waals surface area contributed by atoms with Gasteiger partial charge >= 0.3 is 0 Å². The summed E-state index contributed by atoms with van der Waals surface area (Å²) in [5.41, 5.74) is 0.343. The normalized spacial score (nSPS) is 16.5. The Hall–Kier alpha value is -3.82. The van der Waals surface area contributed by atoms with E-state index in [1.165, 1.54) is 12.1 Å². The van der Waals surface area contributed by atoms with E-state index < -0.39 is 23.3 Å². The van der Waals surface area contributed by atoms with E-state index in [9.17, 15) is 24.0 Å². The van der Waals surface area contributed by atoms with Crippen molar-refractivity contribution in [3.05, 3.63) is 63.6 Å². The van der Waals surface area contributed by atoms with Crippen LogP contribution in [0.25, 0.3) is 0 Å². The van der Waals surface area contributed by atoms with Gasteiger partial charge < -0.3 is 10.2 Å². The number of nitrogens with one attached hydrogen (secondary N) is 2. The fraction of sp³-hybridized carbons (Fsp3) is 0.300. The molecule has 10 heteroatoms. The Morgan fingerprint density at radius 1 is 1.00 bits per heavy atom. The highest BCUT2D eigenvalue weighted by Crippen LogP contribution is 2.22. The largest absolute Gasteiger partial charge is 0.348 e. The van der Waals surface area contributed by atoms with Gasteiger partial charge in [-0.15, -0.1) is 0 Å². The molecule has 1 aromatic carbocycles. The van der Waals surface area contributed by atoms with Gasteiger partial charge in [0.1, 0.15) is 12.2 Å². The summed E-state index contributed by atoms with van der Waals surface area (Å²) in [5, 5.41) is 8.73. The first-order valence-electron chi connectivity index (χ1n) is 9.53. The molecule has 10 nitrogen and oxygen atoms in total. The molecule has 2 aromatic rings. The number of H-pyrrole nitrogens is 1. The molecule has 0 radical (unpaired) electrons. The molecule has 3 heterocycles. The summed E-state index contributed by atoms with van der Waals surface area (Å²) in [7, 11) is 0. The molecule has 0 aliphatic carbocycles. The number of aromatic nitrogens is 2. The van der Waals surface area contributed by atoms with Gasteiger partial charge in [0.05, 0.1) is 11.1 Å². The van der Waals surface area contributed by atoms with E-state index in [2.05, 4.69) is 15.5 Å². The molecule has 1 saturated heterocycles. The summed E-state index contributed by atoms with van der Waals surface area (Å²) in [5.74, 6) is -1.63. The molecule has 1 aromatic heterocycles. The third-order valence-electron chi connectivity index (χ3n) is 5.27. The van der Waals surface area contributed by atoms with Gasteiger partial charge in [0.15, 0.2) is 0 Å². The van der Waals surface area contributed by atoms with Crippen LogP contribution in [0.2, 0.25) is 0 Å². The zero-order valence-corrected chi connectivity index (χ0v) is 16.0. The van der Waals surface area contributed by atoms with E-state index >= 15 is 0 Å². The molecule has 1 fully saturated rings. The quantitative estimate of drug-likeness (QED) is 0.672. The van der Waals surface area contributed by atoms with Crippen LogP contribution in [0.3, 0.4) is 0 Å². The number of likely N-dealkylation sites (tertiary alicyclic amines) is 1. The Morgan fingerprint density at radius 3 is 2.20 bits per heavy atom. The minimum absolute atomic E-state index is 0.110. The van der Waals surface area contributed by atoms with Crippen LogP contribution < -0.4 is 10.9 Å². The molecule has 2 N–H and O–H groups in total. The zero-order chi connectivity index (χ0) is 21.3. The molecule has 4 rings (SSSR count). The lowest BCUT2D eigenvalue weighted by Gasteiger charge is -2.33. The number of hydrogen-bond donors (Lipinski definition) is 2. The lowest BCUT2D eigenvalue weighted by atomic mass is 10.0. The van der Waals surface area contributed by atoms with Crippen LogP contribution in [0.1, 0.15) is 44.0 Å². The van der Waals surface area contributed by atoms with Crippen molar-refractivity contribution in [3.63, 3.8) is 0 Å². The number of amides is 4. The van der Waals surface area contributed by atoms with Gasteiger partial charge in [-0.1, -0.05) is 12.1 Å². The summed E-state index contributed by atoms with van der Waals surface area (Å²) in [6.45, 7) is 0.489. The van der Waals surface area contributed by atoms with Crippen molar-refractivity contribution < 1.29 is 19.2 Å². The Balaban J connectivity index is 1.30. The first kappa shape index (κ1) is 19.5. The second-order valence-electron chi connectivity index (χ2n) is 7.18. The fourth-order valence-corrected chi connectivity index (χ4v) is 3.62. The average molecular weight is 409 g/mol. The summed E-state index contributed by atoms with van der Waals surface area (Å²) in [6.07, 6.45) is 1.06. The van der Waals surface area contributed by atoms with E-state index in [4.69, 9.17) is 0 Å². The number of nitrogens with zero attached hydrogens (tertiary/aromatic N) is 3. The molecule has 30 heavy (non-hydrogen) atoms. The number of benzene rings is 1. The number of carbonyl (C=O) groups is 4. The van der Waals surface area contributed by atoms with Crippen LogP contribution in [-0.2, 0) is 4.79 Å². The SMILES string of the molecule is O=C(NC1CCN(C(=O)CN2C(=O)c3ccccc3C2=O)CC1)c1ccc(=O)[nH]n1. The van der Waals surface area contributed by atoms with Crippen molar-refractivity contribution in [2.45, 2.75) is 18.9 Å². The van der Waals surface area contributed by atoms with Crippen LogP contribution >= 0.6 is 0 Å². The molecule has 2 aliphatic heterocycles. The number of carbonyl (C=O) groups excluding carboxylic acids is 4. The van der Waals surface area contributed by atoms with Crippen LogP contribution in [0.15, 0.2) is 41.2 Å². The molecule has 154 valence electrons. The number of fused-ring (bicyclic) bond motifs is 1. The van der Waals surface area contributed by atoms with Gasteiger partial charge in [0.25, 0.3) is 23.3 Å². The lowest BCUT2D eigenvalue weighted by Crippen LogP contribution is -2.49. The van der Waals surface area contributed by atoms with Crippen LogP contribution in [-0.4, -0.2) is 69.3 Å². The van der Waals surface area contributed by atoms with Gasteiger partial charge in [-0.2, -0.15) is 5.10 Å². The van der Waals surface area contributed by atoms with Crippen molar-refractivity contribution in [2.24, 2.45) is 0 Å². The first-order valence-corrected chi connectivity index (χ1v) is 9.53. The van der Waals surface area contributed by atoms with Crippen LogP contribution in [0.4, 0.5) is 0 Å². The number of aromatic amines is 1. The predicted molar refractivity (Wildman–Crippen MR) is 104 cm³/mol. The number of imide groups is 1. The smallest absolute Gasteiger partial charge is 0.271 e. The molecule has 2 aliphatic rings. The minimum atomic E-state index is -0.459. The van der Waals surface area contributed by atoms with E-state index in [1.54, 1.807) is 29.2 Å². The van der Waals surface area contributed by atoms with Crippen molar-refractivity contribution in [3.8, 4) is 0 Å². The number of hydrogen-bond acceptors (Lipinski definition) is 6. The standard InChI is InChI=1S/C20H19N5O5/c26-16-6-5-15(22-23-16)18(28)21-12-7-9-24(10-8-12)17(27)11-25-19(29)13-3-1-2-4-14(13)20(25)30/h1-6,12H,7-11H2,(H,21,28)(H,23,26). The highest BCUT2D eigenvalue weighted by molar-refractivity contribution is 6.22. The second kappa shape index (κ2) is 7.90. The molecule has 4 amide bonds. The maximum absolute atomic E-state index is 12.6. The average Bonchev–Trinajstić information content (AvgIpc) is 3.00. The van der Waals surface area contributed by atoms with E-state index in [1.807, 2.05) is 0 Å². The summed E-state index contributed by atoms with van der Waals surface area (Å²) in [6, 6.07) is 8.93. The van der Waals surface area contributed by atoms with Crippen LogP contribution in [0, 0.1) is 0 Å². The third-order valence-corrected chi connectivity index (χ3v) is 5.27. The number of rotatable bonds is 4. The highest BCUT2D eigenvalue weighted by Gasteiger charge is 2.37. The van der Waals surface area contributed by atoms with E-state index in [0.29, 0.717) is 37.1 Å². The van der Waals surface area contributed by atoms with E-state index in [-0.39, 0.29) is 24.2 Å². The minimum Gasteiger partial charge on any atom is -0.348 e. The molecule has 0 unspecified atom stereocenters. The molecule has 0 bridgehead atoms. The summed E-state index contributed by atoms with van der Waals surface area (Å²) in [4.78, 5) is 63.2. The summed E-state index contributed by atoms with van der Waals surface area (Å²) < 4.78 is 0. The van der Waals surface area contributed by atoms with Crippen molar-refractivity contribution in [1.82, 2.24) is 25.3 Å². The topological polar surface area (TPSA) is 133 Å². The summed E-state index contributed by atoms with van der Waals surface area (Å²) >= 11 is 0. The molecule has 0 saturated carbocycles. The lowest BCUT2D eigenvalue weighted by molar-refractivity contribution is -0.132. The van der Waals surface area contributed by atoms with E-state index in [0.717, 1.165) is 4.90 Å². The number of piperidine rings is 1. The highest BCUT2D eigenvalue weighted by atomic mass is 16.2. The van der Waals surface area contributed by atoms with Gasteiger partial charge in [-0.05, 0) is 31.0 Å². The van der Waals surface area contributed by atoms with Crippen molar-refractivity contribution >= 4 is 23.6 Å². The molecular formula is C20H19N5O5. The van der Waals surface area contributed by atoms with Gasteiger partial charge in [0.2, 0.25) is 5.91 Å². The maximum atomic E-state index is 12.6. The monoisotopic (exact) mass is 409 g/mol. The molecular weight excluding hydrogens is 390 g/mol. The first-order chi connectivity index (χ1) is 14.4. The van der Waals surface area contributed by atoms with Crippen molar-refractivity contribution in [1.29, 1.82) is 0 Å². The Morgan fingerprint density at radius 2 is 1.63 bits per heavy atom. The Bertz CT molecular complexity index is 1030. The predicted octanol–water partition coefficient (Wildman–Crippen LogP) is -0.213. The zero-order valence-electron chi connectivity index (χ0n) is 16.0. The van der Waals surface area contributed by atoms with Crippen molar-refractivity contribution in [2.75, 3.05) is 19.6 Å². The Kier molecular flexibility index (Phi) is 5.13. The van der Waals surface area contributed by atoms with Gasteiger partial charge in [-0.25, -0.2) is 5.10 Å². The third kappa shape index (κ3) is 3.71. The maximum Gasteiger partial charge on any atom is 0.271 e. The van der Waals surface area contributed by atoms with Gasteiger partial charge in [-0.3, -0.25) is 28.9 Å². The van der Waals surface area contributed by atoms with Gasteiger partial charge in [0, 0.05) is 25.2 Å². The van der Waals surface area contributed by atoms with Crippen LogP contribution in [0.5, 0.6) is 0 Å².